The Morgan fingerprint density at radius 1 is 1.05 bits per heavy atom. The summed E-state index contributed by atoms with van der Waals surface area (Å²) in [7, 11) is 0. The normalized spacial score (nSPS) is 16.3. The summed E-state index contributed by atoms with van der Waals surface area (Å²) in [5.41, 5.74) is 0. The summed E-state index contributed by atoms with van der Waals surface area (Å²) in [6.45, 7) is 12.8. The molecule has 120 valence electrons. The second-order valence-electron chi connectivity index (χ2n) is 6.71. The number of carbonyl (C=O) groups is 1. The second kappa shape index (κ2) is 10.4. The van der Waals surface area contributed by atoms with Crippen molar-refractivity contribution in [2.75, 3.05) is 26.2 Å². The van der Waals surface area contributed by atoms with Crippen molar-refractivity contribution in [3.8, 4) is 0 Å². The molecule has 1 rings (SSSR count). The third-order valence-electron chi connectivity index (χ3n) is 3.95. The number of halogens is 1. The highest BCUT2D eigenvalue weighted by molar-refractivity contribution is 5.85. The first-order chi connectivity index (χ1) is 9.00. The molecule has 1 aliphatic heterocycles. The van der Waals surface area contributed by atoms with E-state index in [4.69, 9.17) is 0 Å². The van der Waals surface area contributed by atoms with Gasteiger partial charge in [-0.3, -0.25) is 4.79 Å². The van der Waals surface area contributed by atoms with Crippen LogP contribution in [0.25, 0.3) is 0 Å². The molecule has 0 aromatic rings. The number of piperidine rings is 1. The molecule has 1 fully saturated rings. The van der Waals surface area contributed by atoms with Crippen molar-refractivity contribution in [1.29, 1.82) is 0 Å². The first kappa shape index (κ1) is 19.7. The molecule has 20 heavy (non-hydrogen) atoms. The topological polar surface area (TPSA) is 32.3 Å². The summed E-state index contributed by atoms with van der Waals surface area (Å²) >= 11 is 0. The number of hydrogen-bond acceptors (Lipinski definition) is 2. The molecule has 0 saturated carbocycles. The number of nitrogens with one attached hydrogen (secondary N) is 1. The van der Waals surface area contributed by atoms with Crippen molar-refractivity contribution in [3.05, 3.63) is 0 Å². The Kier molecular flexibility index (Phi) is 10.3. The summed E-state index contributed by atoms with van der Waals surface area (Å²) in [5, 5.41) is 3.34. The molecule has 1 amide bonds. The summed E-state index contributed by atoms with van der Waals surface area (Å²) in [6.07, 6.45) is 4.26. The fourth-order valence-electron chi connectivity index (χ4n) is 2.49. The molecule has 0 bridgehead atoms. The number of carbonyl (C=O) groups excluding carboxylic acids is 1. The molecule has 0 aromatic carbocycles. The molecule has 0 aliphatic carbocycles. The lowest BCUT2D eigenvalue weighted by atomic mass is 9.96. The molecule has 0 unspecified atom stereocenters. The van der Waals surface area contributed by atoms with Crippen LogP contribution < -0.4 is 5.32 Å². The van der Waals surface area contributed by atoms with Crippen LogP contribution >= 0.6 is 12.4 Å². The summed E-state index contributed by atoms with van der Waals surface area (Å²) in [4.78, 5) is 14.8. The fraction of sp³-hybridized carbons (Fsp3) is 0.938. The first-order valence-corrected chi connectivity index (χ1v) is 8.00. The molecule has 0 radical (unpaired) electrons. The van der Waals surface area contributed by atoms with Crippen LogP contribution in [-0.4, -0.2) is 37.0 Å². The average Bonchev–Trinajstić information content (AvgIpc) is 2.38. The maximum Gasteiger partial charge on any atom is 0.225 e. The molecule has 1 heterocycles. The Hall–Kier alpha value is -0.280. The van der Waals surface area contributed by atoms with Gasteiger partial charge in [-0.2, -0.15) is 0 Å². The zero-order chi connectivity index (χ0) is 14.3. The van der Waals surface area contributed by atoms with Crippen LogP contribution in [0.4, 0.5) is 0 Å². The van der Waals surface area contributed by atoms with Crippen molar-refractivity contribution in [3.63, 3.8) is 0 Å². The lowest BCUT2D eigenvalue weighted by Gasteiger charge is -2.30. The lowest BCUT2D eigenvalue weighted by Crippen LogP contribution is -2.42. The van der Waals surface area contributed by atoms with Gasteiger partial charge >= 0.3 is 0 Å². The van der Waals surface area contributed by atoms with Gasteiger partial charge in [0.2, 0.25) is 5.91 Å². The van der Waals surface area contributed by atoms with E-state index in [1.54, 1.807) is 0 Å². The number of nitrogens with zero attached hydrogens (tertiary/aromatic N) is 1. The predicted octanol–water partition coefficient (Wildman–Crippen LogP) is 3.33. The lowest BCUT2D eigenvalue weighted by molar-refractivity contribution is -0.136. The molecule has 1 aliphatic rings. The molecule has 0 atom stereocenters. The van der Waals surface area contributed by atoms with E-state index in [-0.39, 0.29) is 18.3 Å². The maximum atomic E-state index is 12.6. The van der Waals surface area contributed by atoms with Crippen LogP contribution in [0.15, 0.2) is 0 Å². The molecule has 1 saturated heterocycles. The van der Waals surface area contributed by atoms with Gasteiger partial charge in [0.15, 0.2) is 0 Å². The van der Waals surface area contributed by atoms with Crippen LogP contribution in [-0.2, 0) is 4.79 Å². The molecular formula is C16H33ClN2O. The van der Waals surface area contributed by atoms with Crippen LogP contribution in [0.5, 0.6) is 0 Å². The predicted molar refractivity (Wildman–Crippen MR) is 88.3 cm³/mol. The Balaban J connectivity index is 0.00000361. The summed E-state index contributed by atoms with van der Waals surface area (Å²) in [6, 6.07) is 0. The van der Waals surface area contributed by atoms with Crippen molar-refractivity contribution < 1.29 is 4.79 Å². The van der Waals surface area contributed by atoms with Gasteiger partial charge in [-0.05, 0) is 50.6 Å². The van der Waals surface area contributed by atoms with Crippen molar-refractivity contribution in [2.45, 2.75) is 53.4 Å². The van der Waals surface area contributed by atoms with Crippen LogP contribution in [0.3, 0.4) is 0 Å². The Labute approximate surface area is 131 Å². The van der Waals surface area contributed by atoms with E-state index in [1.165, 1.54) is 0 Å². The average molecular weight is 305 g/mol. The van der Waals surface area contributed by atoms with E-state index in [1.807, 2.05) is 0 Å². The Bertz CT molecular complexity index is 251. The van der Waals surface area contributed by atoms with Gasteiger partial charge in [-0.15, -0.1) is 12.4 Å². The minimum Gasteiger partial charge on any atom is -0.342 e. The van der Waals surface area contributed by atoms with Gasteiger partial charge in [0.1, 0.15) is 0 Å². The van der Waals surface area contributed by atoms with Gasteiger partial charge in [-0.1, -0.05) is 27.7 Å². The van der Waals surface area contributed by atoms with E-state index < -0.39 is 0 Å². The van der Waals surface area contributed by atoms with E-state index in [9.17, 15) is 4.79 Å². The third kappa shape index (κ3) is 7.49. The van der Waals surface area contributed by atoms with E-state index in [0.717, 1.165) is 51.9 Å². The second-order valence-corrected chi connectivity index (χ2v) is 6.71. The minimum absolute atomic E-state index is 0. The van der Waals surface area contributed by atoms with Crippen LogP contribution in [0.2, 0.25) is 0 Å². The summed E-state index contributed by atoms with van der Waals surface area (Å²) < 4.78 is 0. The molecule has 0 aromatic heterocycles. The largest absolute Gasteiger partial charge is 0.342 e. The van der Waals surface area contributed by atoms with Crippen molar-refractivity contribution in [2.24, 2.45) is 17.8 Å². The molecule has 1 N–H and O–H groups in total. The standard InChI is InChI=1S/C16H32N2O.ClH/c1-13(2)7-11-18(12-8-14(3)4)16(19)15-5-9-17-10-6-15;/h13-15,17H,5-12H2,1-4H3;1H. The van der Waals surface area contributed by atoms with Crippen molar-refractivity contribution >= 4 is 18.3 Å². The number of rotatable bonds is 7. The van der Waals surface area contributed by atoms with E-state index in [0.29, 0.717) is 17.7 Å². The Morgan fingerprint density at radius 2 is 1.50 bits per heavy atom. The van der Waals surface area contributed by atoms with Crippen LogP contribution in [0, 0.1) is 17.8 Å². The van der Waals surface area contributed by atoms with Gasteiger partial charge < -0.3 is 10.2 Å². The number of hydrogen-bond donors (Lipinski definition) is 1. The minimum atomic E-state index is 0. The zero-order valence-corrected chi connectivity index (χ0v) is 14.5. The van der Waals surface area contributed by atoms with E-state index >= 15 is 0 Å². The SMILES string of the molecule is CC(C)CCN(CCC(C)C)C(=O)C1CCNCC1.Cl. The summed E-state index contributed by atoms with van der Waals surface area (Å²) in [5.74, 6) is 2.01. The monoisotopic (exact) mass is 304 g/mol. The fourth-order valence-corrected chi connectivity index (χ4v) is 2.49. The van der Waals surface area contributed by atoms with Crippen LogP contribution in [0.1, 0.15) is 53.4 Å². The van der Waals surface area contributed by atoms with Gasteiger partial charge in [0.05, 0.1) is 0 Å². The third-order valence-corrected chi connectivity index (χ3v) is 3.95. The van der Waals surface area contributed by atoms with E-state index in [2.05, 4.69) is 37.9 Å². The molecular weight excluding hydrogens is 272 g/mol. The Morgan fingerprint density at radius 3 is 1.90 bits per heavy atom. The highest BCUT2D eigenvalue weighted by Crippen LogP contribution is 2.17. The quantitative estimate of drug-likeness (QED) is 0.782. The molecule has 3 nitrogen and oxygen atoms in total. The zero-order valence-electron chi connectivity index (χ0n) is 13.7. The molecule has 0 spiro atoms. The number of amides is 1. The highest BCUT2D eigenvalue weighted by Gasteiger charge is 2.25. The van der Waals surface area contributed by atoms with Gasteiger partial charge in [0.25, 0.3) is 0 Å². The van der Waals surface area contributed by atoms with Crippen molar-refractivity contribution in [1.82, 2.24) is 10.2 Å². The van der Waals surface area contributed by atoms with Gasteiger partial charge in [0, 0.05) is 19.0 Å². The highest BCUT2D eigenvalue weighted by atomic mass is 35.5. The first-order valence-electron chi connectivity index (χ1n) is 8.00. The molecule has 4 heteroatoms. The maximum absolute atomic E-state index is 12.6. The van der Waals surface area contributed by atoms with Gasteiger partial charge in [-0.25, -0.2) is 0 Å². The smallest absolute Gasteiger partial charge is 0.225 e.